The van der Waals surface area contributed by atoms with Crippen molar-refractivity contribution in [2.75, 3.05) is 72.6 Å². The molecule has 7 aromatic heterocycles. The molecule has 0 fully saturated rings. The number of methoxy groups -OCH3 is 5. The van der Waals surface area contributed by atoms with Crippen LogP contribution in [0.25, 0.3) is 78.6 Å². The molecule has 0 unspecified atom stereocenters. The van der Waals surface area contributed by atoms with E-state index in [-0.39, 0.29) is 85.5 Å². The van der Waals surface area contributed by atoms with E-state index in [2.05, 4.69) is 112 Å². The highest BCUT2D eigenvalue weighted by molar-refractivity contribution is 9.09. The molecular weight excluding hydrogens is 1940 g/mol. The zero-order valence-corrected chi connectivity index (χ0v) is 78.8. The van der Waals surface area contributed by atoms with Gasteiger partial charge in [-0.25, -0.2) is 34.9 Å². The molecule has 0 radical (unpaired) electrons. The van der Waals surface area contributed by atoms with Crippen LogP contribution in [0, 0.1) is 54.8 Å². The number of anilines is 3. The zero-order valence-electron chi connectivity index (χ0n) is 76.5. The molecule has 5 aromatic carbocycles. The SMILES string of the molecule is CCC(Br)CC.CCC(CC)n1cnc2nc(-c3ccc(OC(F)(F)F)cc3OC)c(C)cc21.CCOC(OCC)OCC.COc1cc(OC(F)(F)F)ccc1-c1nc(Cl)c([N+](=O)[O-])cc1C.COc1cc(OC(F)(F)F)ccc1-c1nc(N)c(N)cc1C.COc1cc(OC(F)(F)F)ccc1-c1nc(N)c([N+](=O)[O-])cc1C.COc1cc(OC(F)(F)F)ccc1-c1nc2nc[nH]c2cc1C. The normalized spacial score (nSPS) is 11.4. The number of hydrogen-bond acceptors (Lipinski definition) is 27. The highest BCUT2D eigenvalue weighted by atomic mass is 79.9. The van der Waals surface area contributed by atoms with Gasteiger partial charge in [0.2, 0.25) is 11.0 Å². The third-order valence-electron chi connectivity index (χ3n) is 18.8. The van der Waals surface area contributed by atoms with Gasteiger partial charge in [0.25, 0.3) is 6.48 Å². The van der Waals surface area contributed by atoms with Crippen LogP contribution in [0.3, 0.4) is 0 Å². The average molecular weight is 2040 g/mol. The maximum absolute atomic E-state index is 12.5. The first-order valence-electron chi connectivity index (χ1n) is 40.8. The van der Waals surface area contributed by atoms with E-state index in [9.17, 15) is 86.1 Å². The van der Waals surface area contributed by atoms with Crippen molar-refractivity contribution in [2.45, 2.75) is 158 Å². The average Bonchev–Trinajstić information content (AvgIpc) is 1.66. The van der Waals surface area contributed by atoms with Crippen LogP contribution in [0.4, 0.5) is 94.6 Å². The maximum atomic E-state index is 12.5. The number of ether oxygens (including phenoxy) is 13. The molecule has 0 bridgehead atoms. The molecule has 48 heteroatoms. The summed E-state index contributed by atoms with van der Waals surface area (Å²) in [6, 6.07) is 26.8. The Morgan fingerprint density at radius 2 is 0.715 bits per heavy atom. The fourth-order valence-corrected chi connectivity index (χ4v) is 12.8. The number of H-pyrrole nitrogens is 1. The molecule has 0 spiro atoms. The Labute approximate surface area is 788 Å². The quantitative estimate of drug-likeness (QED) is 0.00883. The van der Waals surface area contributed by atoms with Crippen LogP contribution in [0.1, 0.15) is 108 Å². The number of halogens is 17. The third kappa shape index (κ3) is 33.5. The van der Waals surface area contributed by atoms with E-state index < -0.39 is 59.6 Å². The standard InChI is InChI=1S/C20H22F3N3O2.C15H12F3N3O2.C14H10ClF3N2O4.C14H12F3N3O4.C14H14F3N3O2.C7H16O3.C5H11Br/c1-5-13(6-2)26-11-24-19-16(26)9-12(3)18(25-19)15-8-7-14(10-17(15)27-4)28-20(21,22)23;1-8-5-11-14(20-7-19-11)21-13(8)10-4-3-9(6-12(10)22-2)23-15(16,17)18;1-7-5-10(20(21)22)13(15)19-12(7)9-4-3-8(6-11(9)23-2)24-14(16,17)18;1-7-5-10(20(21)22)13(18)19-12(7)9-4-3-8(6-11(9)23-2)24-14(15,16)17;1-7-5-10(18)13(19)20-12(7)9-4-3-8(6-11(9)21-2)22-14(15,16)17;1-4-8-7(9-5-2)10-6-3;1-3-5(6)4-2/h7-11,13H,5-6H2,1-4H3;3-7H,1-2H3,(H,19,20,21);3-6H,1-2H3;3-6H,1-2H3,(H2,18,19);3-6H,18H2,1-2H3,(H2,19,20);7H,4-6H2,1-3H3;5H,3-4H2,1-2H3. The third-order valence-corrected chi connectivity index (χ3v) is 20.4. The summed E-state index contributed by atoms with van der Waals surface area (Å²) in [5.41, 5.74) is 27.1. The van der Waals surface area contributed by atoms with Crippen molar-refractivity contribution in [3.63, 3.8) is 0 Å². The summed E-state index contributed by atoms with van der Waals surface area (Å²) in [4.78, 5) is 53.8. The van der Waals surface area contributed by atoms with Gasteiger partial charge in [-0.15, -0.1) is 65.9 Å². The Balaban J connectivity index is 0.000000253. The summed E-state index contributed by atoms with van der Waals surface area (Å²) in [7, 11) is 6.63. The number of aryl methyl sites for hydroxylation is 5. The lowest BCUT2D eigenvalue weighted by Crippen LogP contribution is -2.20. The summed E-state index contributed by atoms with van der Waals surface area (Å²) >= 11 is 9.27. The Kier molecular flexibility index (Phi) is 41.3. The molecule has 744 valence electrons. The van der Waals surface area contributed by atoms with E-state index in [1.807, 2.05) is 46.8 Å². The molecular formula is C89H97BrClF15N14O17. The number of nitrogens with two attached hydrogens (primary N) is 3. The van der Waals surface area contributed by atoms with Gasteiger partial charge in [-0.05, 0) is 188 Å². The van der Waals surface area contributed by atoms with E-state index in [0.29, 0.717) is 98.9 Å². The molecule has 0 saturated carbocycles. The number of imidazole rings is 2. The number of nitrogen functional groups attached to an aromatic ring is 3. The van der Waals surface area contributed by atoms with E-state index in [1.165, 1.54) is 128 Å². The number of fused-ring (bicyclic) bond motifs is 2. The molecule has 31 nitrogen and oxygen atoms in total. The fourth-order valence-electron chi connectivity index (χ4n) is 12.6. The zero-order chi connectivity index (χ0) is 103. The number of rotatable bonds is 28. The molecule has 0 amide bonds. The topological polar surface area (TPSA) is 395 Å². The number of alkyl halides is 16. The van der Waals surface area contributed by atoms with E-state index in [4.69, 9.17) is 66.7 Å². The van der Waals surface area contributed by atoms with Crippen LogP contribution in [0.5, 0.6) is 57.5 Å². The molecule has 0 atom stereocenters. The lowest BCUT2D eigenvalue weighted by atomic mass is 10.0. The van der Waals surface area contributed by atoms with Crippen LogP contribution in [-0.2, 0) is 14.2 Å². The van der Waals surface area contributed by atoms with E-state index in [1.54, 1.807) is 33.2 Å². The predicted molar refractivity (Wildman–Crippen MR) is 484 cm³/mol. The van der Waals surface area contributed by atoms with Gasteiger partial charge >= 0.3 is 43.2 Å². The molecule has 0 aliphatic rings. The number of nitrogens with zero attached hydrogens (tertiary/aromatic N) is 10. The number of aromatic nitrogens is 9. The van der Waals surface area contributed by atoms with Crippen molar-refractivity contribution < 1.29 is 137 Å². The lowest BCUT2D eigenvalue weighted by Gasteiger charge is -2.16. The van der Waals surface area contributed by atoms with Crippen LogP contribution in [0.2, 0.25) is 5.15 Å². The van der Waals surface area contributed by atoms with Crippen LogP contribution >= 0.6 is 27.5 Å². The van der Waals surface area contributed by atoms with Gasteiger partial charge in [0.1, 0.15) is 63.3 Å². The summed E-state index contributed by atoms with van der Waals surface area (Å²) in [6.07, 6.45) is -16.2. The minimum atomic E-state index is -4.84. The monoisotopic (exact) mass is 2030 g/mol. The van der Waals surface area contributed by atoms with Gasteiger partial charge in [0.05, 0.1) is 103 Å². The highest BCUT2D eigenvalue weighted by Gasteiger charge is 2.37. The number of benzene rings is 5. The van der Waals surface area contributed by atoms with Crippen molar-refractivity contribution >= 4 is 78.6 Å². The van der Waals surface area contributed by atoms with Crippen molar-refractivity contribution in [3.8, 4) is 114 Å². The minimum absolute atomic E-state index is 0.0530. The smallest absolute Gasteiger partial charge is 0.496 e. The predicted octanol–water partition coefficient (Wildman–Crippen LogP) is 24.6. The molecule has 0 aliphatic carbocycles. The number of aromatic amines is 1. The second kappa shape index (κ2) is 50.4. The molecule has 0 aliphatic heterocycles. The molecule has 137 heavy (non-hydrogen) atoms. The second-order valence-electron chi connectivity index (χ2n) is 28.3. The Morgan fingerprint density at radius 3 is 1.03 bits per heavy atom. The molecule has 0 saturated heterocycles. The molecule has 7 N–H and O–H groups in total. The van der Waals surface area contributed by atoms with Crippen molar-refractivity contribution in [2.24, 2.45) is 0 Å². The second-order valence-corrected chi connectivity index (χ2v) is 30.0. The Bertz CT molecular complexity index is 5880. The first-order valence-corrected chi connectivity index (χ1v) is 42.1. The van der Waals surface area contributed by atoms with Gasteiger partial charge in [0, 0.05) is 101 Å². The van der Waals surface area contributed by atoms with Crippen LogP contribution in [-0.4, -0.2) is 153 Å². The van der Waals surface area contributed by atoms with Crippen molar-refractivity contribution in [1.29, 1.82) is 0 Å². The van der Waals surface area contributed by atoms with Crippen LogP contribution < -0.4 is 64.6 Å². The fraction of sp³-hybridized carbons (Fsp3) is 0.360. The van der Waals surface area contributed by atoms with Gasteiger partial charge in [-0.3, -0.25) is 20.2 Å². The van der Waals surface area contributed by atoms with Gasteiger partial charge < -0.3 is 88.3 Å². The van der Waals surface area contributed by atoms with Gasteiger partial charge in [-0.1, -0.05) is 55.2 Å². The van der Waals surface area contributed by atoms with Crippen molar-refractivity contribution in [3.05, 3.63) is 187 Å². The first-order chi connectivity index (χ1) is 64.2. The van der Waals surface area contributed by atoms with E-state index in [0.717, 1.165) is 75.7 Å². The van der Waals surface area contributed by atoms with Gasteiger partial charge in [-0.2, -0.15) is 0 Å². The largest absolute Gasteiger partial charge is 0.573 e. The Hall–Kier alpha value is -13.4. The number of nitrogens with one attached hydrogen (secondary N) is 1. The molecule has 12 rings (SSSR count). The Morgan fingerprint density at radius 1 is 0.409 bits per heavy atom. The highest BCUT2D eigenvalue weighted by Crippen LogP contribution is 2.44. The van der Waals surface area contributed by atoms with Crippen molar-refractivity contribution in [1.82, 2.24) is 44.4 Å². The number of hydrogen-bond donors (Lipinski definition) is 4. The van der Waals surface area contributed by atoms with E-state index >= 15 is 0 Å². The summed E-state index contributed by atoms with van der Waals surface area (Å²) in [6.45, 7) is 24.4. The maximum Gasteiger partial charge on any atom is 0.573 e. The minimum Gasteiger partial charge on any atom is -0.496 e. The molecule has 12 aromatic rings. The first kappa shape index (κ1) is 112. The molecule has 7 heterocycles. The number of nitro groups is 2. The number of pyridine rings is 5. The van der Waals surface area contributed by atoms with Gasteiger partial charge in [0.15, 0.2) is 11.3 Å². The summed E-state index contributed by atoms with van der Waals surface area (Å²) < 4.78 is 247. The summed E-state index contributed by atoms with van der Waals surface area (Å²) in [5.74, 6) is -1.40. The lowest BCUT2D eigenvalue weighted by molar-refractivity contribution is -0.385. The summed E-state index contributed by atoms with van der Waals surface area (Å²) in [5, 5.41) is 21.4. The van der Waals surface area contributed by atoms with Crippen LogP contribution in [0.15, 0.2) is 134 Å².